The van der Waals surface area contributed by atoms with Crippen LogP contribution >= 0.6 is 0 Å². The molecule has 5 heterocycles. The number of carbonyl (C=O) groups is 3. The number of nitrogens with zero attached hydrogens (tertiary/aromatic N) is 2. The number of piperidine rings is 2. The van der Waals surface area contributed by atoms with Crippen molar-refractivity contribution in [1.82, 2.24) is 15.1 Å². The van der Waals surface area contributed by atoms with E-state index in [1.807, 2.05) is 0 Å². The highest BCUT2D eigenvalue weighted by atomic mass is 16.2. The second-order valence-electron chi connectivity index (χ2n) is 9.82. The molecule has 1 saturated carbocycles. The third kappa shape index (κ3) is 1.40. The molecule has 6 nitrogen and oxygen atoms in total. The quantitative estimate of drug-likeness (QED) is 0.658. The van der Waals surface area contributed by atoms with E-state index in [1.165, 1.54) is 4.90 Å². The maximum absolute atomic E-state index is 13.1. The Morgan fingerprint density at radius 2 is 1.92 bits per heavy atom. The molecule has 6 fully saturated rings. The molecule has 6 aliphatic rings. The maximum atomic E-state index is 13.1. The molecular formula is C19H27N3O3. The fraction of sp³-hybridized carbons (Fsp3) is 0.842. The fourth-order valence-corrected chi connectivity index (χ4v) is 7.33. The predicted molar refractivity (Wildman–Crippen MR) is 90.3 cm³/mol. The molecule has 3 amide bonds. The van der Waals surface area contributed by atoms with Gasteiger partial charge in [-0.15, -0.1) is 0 Å². The summed E-state index contributed by atoms with van der Waals surface area (Å²) in [7, 11) is 1.60. The highest BCUT2D eigenvalue weighted by Crippen LogP contribution is 2.70. The van der Waals surface area contributed by atoms with E-state index in [9.17, 15) is 14.4 Å². The highest BCUT2D eigenvalue weighted by Gasteiger charge is 2.78. The lowest BCUT2D eigenvalue weighted by Crippen LogP contribution is -2.79. The number of fused-ring (bicyclic) bond motifs is 1. The Bertz CT molecular complexity index is 733. The van der Waals surface area contributed by atoms with Crippen molar-refractivity contribution in [2.24, 2.45) is 22.7 Å². The molecule has 2 bridgehead atoms. The topological polar surface area (TPSA) is 69.7 Å². The normalized spacial score (nSPS) is 50.6. The predicted octanol–water partition coefficient (Wildman–Crippen LogP) is 0.761. The third-order valence-corrected chi connectivity index (χ3v) is 8.89. The van der Waals surface area contributed by atoms with Crippen molar-refractivity contribution in [2.75, 3.05) is 20.1 Å². The number of likely N-dealkylation sites (tertiary alicyclic amines) is 1. The van der Waals surface area contributed by atoms with Crippen LogP contribution < -0.4 is 5.32 Å². The maximum Gasteiger partial charge on any atom is 0.241 e. The molecule has 5 aliphatic heterocycles. The van der Waals surface area contributed by atoms with Crippen LogP contribution in [0.4, 0.5) is 0 Å². The summed E-state index contributed by atoms with van der Waals surface area (Å²) < 4.78 is 0. The number of hydrogen-bond acceptors (Lipinski definition) is 4. The van der Waals surface area contributed by atoms with E-state index in [1.54, 1.807) is 7.05 Å². The Labute approximate surface area is 148 Å². The Kier molecular flexibility index (Phi) is 2.59. The molecule has 0 aromatic carbocycles. The molecule has 0 aromatic heterocycles. The van der Waals surface area contributed by atoms with Gasteiger partial charge >= 0.3 is 0 Å². The van der Waals surface area contributed by atoms with Gasteiger partial charge in [0, 0.05) is 20.0 Å². The van der Waals surface area contributed by atoms with Gasteiger partial charge in [-0.25, -0.2) is 0 Å². The van der Waals surface area contributed by atoms with Gasteiger partial charge in [0.05, 0.1) is 11.0 Å². The molecule has 5 unspecified atom stereocenters. The Morgan fingerprint density at radius 3 is 2.56 bits per heavy atom. The molecule has 136 valence electrons. The monoisotopic (exact) mass is 345 g/mol. The van der Waals surface area contributed by atoms with Crippen molar-refractivity contribution in [3.8, 4) is 0 Å². The zero-order valence-corrected chi connectivity index (χ0v) is 15.5. The lowest BCUT2D eigenvalue weighted by atomic mass is 9.57. The van der Waals surface area contributed by atoms with Gasteiger partial charge in [-0.05, 0) is 43.1 Å². The molecule has 1 N–H and O–H groups in total. The highest BCUT2D eigenvalue weighted by molar-refractivity contribution is 6.06. The summed E-state index contributed by atoms with van der Waals surface area (Å²) in [5, 5.41) is 3.38. The van der Waals surface area contributed by atoms with Gasteiger partial charge < -0.3 is 5.32 Å². The summed E-state index contributed by atoms with van der Waals surface area (Å²) >= 11 is 0. The van der Waals surface area contributed by atoms with E-state index in [0.717, 1.165) is 25.9 Å². The van der Waals surface area contributed by atoms with Gasteiger partial charge in [0.1, 0.15) is 5.54 Å². The molecule has 5 atom stereocenters. The van der Waals surface area contributed by atoms with E-state index in [0.29, 0.717) is 12.3 Å². The van der Waals surface area contributed by atoms with E-state index < -0.39 is 11.0 Å². The molecule has 0 radical (unpaired) electrons. The lowest BCUT2D eigenvalue weighted by molar-refractivity contribution is -0.160. The van der Waals surface area contributed by atoms with Crippen LogP contribution in [-0.2, 0) is 14.4 Å². The van der Waals surface area contributed by atoms with Crippen LogP contribution in [0.15, 0.2) is 0 Å². The van der Waals surface area contributed by atoms with Crippen LogP contribution in [0, 0.1) is 22.7 Å². The summed E-state index contributed by atoms with van der Waals surface area (Å²) in [4.78, 5) is 42.3. The molecule has 6 heteroatoms. The van der Waals surface area contributed by atoms with Crippen molar-refractivity contribution < 1.29 is 14.4 Å². The molecular weight excluding hydrogens is 318 g/mol. The SMILES string of the molecule is CC1CCN2CC34CC5(CC(=O)N(C)C5=O)C(C)(C)C3CC12C(=O)N4. The molecule has 0 aromatic rings. The van der Waals surface area contributed by atoms with Crippen molar-refractivity contribution in [3.05, 3.63) is 0 Å². The third-order valence-electron chi connectivity index (χ3n) is 8.89. The van der Waals surface area contributed by atoms with E-state index in [2.05, 4.69) is 31.0 Å². The van der Waals surface area contributed by atoms with E-state index in [-0.39, 0.29) is 41.0 Å². The Morgan fingerprint density at radius 1 is 1.20 bits per heavy atom. The number of rotatable bonds is 0. The Balaban J connectivity index is 1.66. The lowest BCUT2D eigenvalue weighted by Gasteiger charge is -2.61. The standard InChI is InChI=1S/C19H27N3O3/c1-11-5-6-22-10-18-9-17(8-13(23)21(4)15(17)25)16(2,3)12(18)7-19(11,22)14(24)20-18/h11-12H,5-10H2,1-4H3,(H,20,24). The number of hydrogen-bond donors (Lipinski definition) is 1. The zero-order chi connectivity index (χ0) is 18.0. The van der Waals surface area contributed by atoms with Crippen molar-refractivity contribution >= 4 is 17.7 Å². The second kappa shape index (κ2) is 4.11. The van der Waals surface area contributed by atoms with E-state index in [4.69, 9.17) is 0 Å². The smallest absolute Gasteiger partial charge is 0.241 e. The minimum Gasteiger partial charge on any atom is -0.347 e. The van der Waals surface area contributed by atoms with Gasteiger partial charge in [-0.1, -0.05) is 20.8 Å². The molecule has 3 spiro atoms. The fourth-order valence-electron chi connectivity index (χ4n) is 7.33. The van der Waals surface area contributed by atoms with Gasteiger partial charge in [-0.3, -0.25) is 24.2 Å². The van der Waals surface area contributed by atoms with Crippen LogP contribution in [0.2, 0.25) is 0 Å². The van der Waals surface area contributed by atoms with Crippen LogP contribution in [0.3, 0.4) is 0 Å². The summed E-state index contributed by atoms with van der Waals surface area (Å²) in [6, 6.07) is 0. The first-order valence-electron chi connectivity index (χ1n) is 9.49. The molecule has 5 saturated heterocycles. The average Bonchev–Trinajstić information content (AvgIpc) is 3.05. The molecule has 25 heavy (non-hydrogen) atoms. The summed E-state index contributed by atoms with van der Waals surface area (Å²) in [6.45, 7) is 8.29. The average molecular weight is 345 g/mol. The number of imide groups is 1. The van der Waals surface area contributed by atoms with Crippen LogP contribution in [0.1, 0.15) is 46.5 Å². The minimum absolute atomic E-state index is 0.0466. The second-order valence-corrected chi connectivity index (χ2v) is 9.82. The Hall–Kier alpha value is -1.43. The van der Waals surface area contributed by atoms with Crippen LogP contribution in [0.25, 0.3) is 0 Å². The molecule has 1 aliphatic carbocycles. The number of nitrogens with one attached hydrogen (secondary N) is 1. The first kappa shape index (κ1) is 15.8. The largest absolute Gasteiger partial charge is 0.347 e. The van der Waals surface area contributed by atoms with Crippen molar-refractivity contribution in [3.63, 3.8) is 0 Å². The van der Waals surface area contributed by atoms with Crippen molar-refractivity contribution in [1.29, 1.82) is 0 Å². The van der Waals surface area contributed by atoms with Gasteiger partial charge in [0.15, 0.2) is 0 Å². The first-order chi connectivity index (χ1) is 11.6. The van der Waals surface area contributed by atoms with Crippen LogP contribution in [-0.4, -0.2) is 58.7 Å². The van der Waals surface area contributed by atoms with Gasteiger partial charge in [0.25, 0.3) is 0 Å². The van der Waals surface area contributed by atoms with Crippen LogP contribution in [0.5, 0.6) is 0 Å². The summed E-state index contributed by atoms with van der Waals surface area (Å²) in [6.07, 6.45) is 2.76. The summed E-state index contributed by atoms with van der Waals surface area (Å²) in [5.74, 6) is 0.591. The minimum atomic E-state index is -0.675. The van der Waals surface area contributed by atoms with Crippen molar-refractivity contribution in [2.45, 2.75) is 57.5 Å². The van der Waals surface area contributed by atoms with Gasteiger partial charge in [-0.2, -0.15) is 0 Å². The number of amides is 3. The molecule has 6 rings (SSSR count). The van der Waals surface area contributed by atoms with Gasteiger partial charge in [0.2, 0.25) is 17.7 Å². The first-order valence-corrected chi connectivity index (χ1v) is 9.49. The van der Waals surface area contributed by atoms with E-state index >= 15 is 0 Å². The number of piperazine rings is 1. The number of carbonyl (C=O) groups excluding carboxylic acids is 3. The zero-order valence-electron chi connectivity index (χ0n) is 15.5. The summed E-state index contributed by atoms with van der Waals surface area (Å²) in [5.41, 5.74) is -1.76.